The van der Waals surface area contributed by atoms with E-state index >= 15 is 0 Å². The molecule has 2 fully saturated rings. The molecular weight excluding hydrogens is 471 g/mol. The van der Waals surface area contributed by atoms with Crippen LogP contribution in [0.2, 0.25) is 0 Å². The number of alkyl halides is 3. The Kier molecular flexibility index (Phi) is 11.6. The molecule has 0 spiro atoms. The van der Waals surface area contributed by atoms with Crippen LogP contribution in [0.4, 0.5) is 22.0 Å². The van der Waals surface area contributed by atoms with Gasteiger partial charge in [-0.15, -0.1) is 13.2 Å². The number of hydrogen-bond donors (Lipinski definition) is 0. The standard InChI is InChI=1S/C30H43F5O/c1-2-3-4-5-6-7-8-9-22-10-12-23(13-11-22)14-15-24-16-18-25(19-17-24)26-20-27(31)29(28(32)21-26)36-30(33,34)35/h4-5,20-25H,2-3,6-19H2,1H3/b5-4+. The number of hydrogen-bond acceptors (Lipinski definition) is 1. The molecule has 36 heavy (non-hydrogen) atoms. The van der Waals surface area contributed by atoms with Crippen LogP contribution in [-0.2, 0) is 0 Å². The maximum absolute atomic E-state index is 14.1. The zero-order valence-corrected chi connectivity index (χ0v) is 21.7. The van der Waals surface area contributed by atoms with Crippen LogP contribution in [-0.4, -0.2) is 6.36 Å². The van der Waals surface area contributed by atoms with Crippen LogP contribution >= 0.6 is 0 Å². The number of unbranched alkanes of at least 4 members (excludes halogenated alkanes) is 3. The first-order valence-corrected chi connectivity index (χ1v) is 14.1. The fraction of sp³-hybridized carbons (Fsp3) is 0.733. The molecule has 0 amide bonds. The summed E-state index contributed by atoms with van der Waals surface area (Å²) in [4.78, 5) is 0. The van der Waals surface area contributed by atoms with E-state index in [-0.39, 0.29) is 5.92 Å². The molecule has 0 bridgehead atoms. The quantitative estimate of drug-likeness (QED) is 0.153. The zero-order chi connectivity index (χ0) is 26.0. The van der Waals surface area contributed by atoms with E-state index in [0.717, 1.165) is 49.7 Å². The largest absolute Gasteiger partial charge is 0.573 e. The Morgan fingerprint density at radius 2 is 1.25 bits per heavy atom. The molecule has 1 nitrogen and oxygen atoms in total. The average Bonchev–Trinajstić information content (AvgIpc) is 2.85. The molecule has 6 heteroatoms. The molecule has 204 valence electrons. The Labute approximate surface area is 213 Å². The van der Waals surface area contributed by atoms with Crippen molar-refractivity contribution in [3.05, 3.63) is 41.5 Å². The second-order valence-corrected chi connectivity index (χ2v) is 11.1. The van der Waals surface area contributed by atoms with Gasteiger partial charge in [0.1, 0.15) is 0 Å². The molecule has 0 unspecified atom stereocenters. The summed E-state index contributed by atoms with van der Waals surface area (Å²) < 4.78 is 68.8. The normalized spacial score (nSPS) is 25.4. The van der Waals surface area contributed by atoms with Crippen molar-refractivity contribution in [2.75, 3.05) is 0 Å². The lowest BCUT2D eigenvalue weighted by Crippen LogP contribution is -2.20. The molecule has 0 radical (unpaired) electrons. The average molecular weight is 515 g/mol. The van der Waals surface area contributed by atoms with Gasteiger partial charge in [-0.2, -0.15) is 0 Å². The van der Waals surface area contributed by atoms with Gasteiger partial charge in [0.25, 0.3) is 0 Å². The SMILES string of the molecule is CCC/C=C/CCCCC1CCC(CCC2CCC(c3cc(F)c(OC(F)(F)F)c(F)c3)CC2)CC1. The minimum absolute atomic E-state index is 0.0113. The van der Waals surface area contributed by atoms with Crippen LogP contribution in [0.3, 0.4) is 0 Å². The highest BCUT2D eigenvalue weighted by Gasteiger charge is 2.35. The van der Waals surface area contributed by atoms with E-state index in [1.54, 1.807) is 0 Å². The van der Waals surface area contributed by atoms with Crippen molar-refractivity contribution >= 4 is 0 Å². The van der Waals surface area contributed by atoms with E-state index in [0.29, 0.717) is 11.5 Å². The first kappa shape index (κ1) is 29.0. The molecule has 3 rings (SSSR count). The van der Waals surface area contributed by atoms with E-state index in [4.69, 9.17) is 0 Å². The fourth-order valence-corrected chi connectivity index (χ4v) is 6.19. The van der Waals surface area contributed by atoms with Crippen LogP contribution in [0.25, 0.3) is 0 Å². The van der Waals surface area contributed by atoms with Crippen molar-refractivity contribution in [2.45, 2.75) is 122 Å². The summed E-state index contributed by atoms with van der Waals surface area (Å²) in [5.74, 6) is -1.57. The molecule has 0 aliphatic heterocycles. The van der Waals surface area contributed by atoms with Crippen LogP contribution in [0.5, 0.6) is 5.75 Å². The molecule has 0 saturated heterocycles. The molecule has 0 heterocycles. The van der Waals surface area contributed by atoms with E-state index in [1.807, 2.05) is 0 Å². The van der Waals surface area contributed by atoms with Gasteiger partial charge in [-0.25, -0.2) is 8.78 Å². The van der Waals surface area contributed by atoms with Crippen molar-refractivity contribution in [2.24, 2.45) is 17.8 Å². The molecule has 2 saturated carbocycles. The fourth-order valence-electron chi connectivity index (χ4n) is 6.19. The lowest BCUT2D eigenvalue weighted by Gasteiger charge is -2.32. The summed E-state index contributed by atoms with van der Waals surface area (Å²) in [6, 6.07) is 2.02. The maximum atomic E-state index is 14.1. The molecule has 1 aromatic carbocycles. The molecule has 2 aliphatic rings. The Bertz CT molecular complexity index is 779. The second kappa shape index (κ2) is 14.4. The summed E-state index contributed by atoms with van der Waals surface area (Å²) in [5, 5.41) is 0. The highest BCUT2D eigenvalue weighted by Crippen LogP contribution is 2.41. The lowest BCUT2D eigenvalue weighted by atomic mass is 9.74. The van der Waals surface area contributed by atoms with Crippen molar-refractivity contribution in [3.63, 3.8) is 0 Å². The third-order valence-electron chi connectivity index (χ3n) is 8.36. The maximum Gasteiger partial charge on any atom is 0.573 e. The topological polar surface area (TPSA) is 9.23 Å². The van der Waals surface area contributed by atoms with Gasteiger partial charge >= 0.3 is 6.36 Å². The van der Waals surface area contributed by atoms with Crippen molar-refractivity contribution in [1.82, 2.24) is 0 Å². The number of ether oxygens (including phenoxy) is 1. The second-order valence-electron chi connectivity index (χ2n) is 11.1. The smallest absolute Gasteiger partial charge is 0.399 e. The minimum atomic E-state index is -5.12. The van der Waals surface area contributed by atoms with Gasteiger partial charge in [-0.1, -0.05) is 76.9 Å². The van der Waals surface area contributed by atoms with Crippen LogP contribution in [0.15, 0.2) is 24.3 Å². The molecule has 0 atom stereocenters. The third-order valence-corrected chi connectivity index (χ3v) is 8.36. The van der Waals surface area contributed by atoms with E-state index < -0.39 is 23.7 Å². The van der Waals surface area contributed by atoms with Gasteiger partial charge < -0.3 is 4.74 Å². The number of benzene rings is 1. The summed E-state index contributed by atoms with van der Waals surface area (Å²) in [7, 11) is 0. The molecular formula is C30H43F5O. The van der Waals surface area contributed by atoms with E-state index in [9.17, 15) is 22.0 Å². The highest BCUT2D eigenvalue weighted by atomic mass is 19.4. The first-order chi connectivity index (χ1) is 17.2. The van der Waals surface area contributed by atoms with E-state index in [2.05, 4.69) is 23.8 Å². The number of rotatable bonds is 12. The van der Waals surface area contributed by atoms with Gasteiger partial charge in [-0.05, 0) is 86.3 Å². The summed E-state index contributed by atoms with van der Waals surface area (Å²) in [6.45, 7) is 2.21. The molecule has 0 aromatic heterocycles. The highest BCUT2D eigenvalue weighted by molar-refractivity contribution is 5.33. The van der Waals surface area contributed by atoms with Gasteiger partial charge in [0, 0.05) is 0 Å². The van der Waals surface area contributed by atoms with Crippen molar-refractivity contribution < 1.29 is 26.7 Å². The predicted octanol–water partition coefficient (Wildman–Crippen LogP) is 10.6. The predicted molar refractivity (Wildman–Crippen MR) is 135 cm³/mol. The summed E-state index contributed by atoms with van der Waals surface area (Å²) in [5.41, 5.74) is 0.438. The molecule has 2 aliphatic carbocycles. The summed E-state index contributed by atoms with van der Waals surface area (Å²) in [6.07, 6.45) is 18.8. The third kappa shape index (κ3) is 9.70. The zero-order valence-electron chi connectivity index (χ0n) is 21.7. The van der Waals surface area contributed by atoms with Gasteiger partial charge in [0.2, 0.25) is 5.75 Å². The van der Waals surface area contributed by atoms with Crippen LogP contribution in [0.1, 0.15) is 121 Å². The number of allylic oxidation sites excluding steroid dienone is 2. The Morgan fingerprint density at radius 3 is 1.78 bits per heavy atom. The lowest BCUT2D eigenvalue weighted by molar-refractivity contribution is -0.276. The van der Waals surface area contributed by atoms with Crippen molar-refractivity contribution in [1.29, 1.82) is 0 Å². The van der Waals surface area contributed by atoms with Gasteiger partial charge in [0.05, 0.1) is 0 Å². The van der Waals surface area contributed by atoms with E-state index in [1.165, 1.54) is 77.0 Å². The molecule has 0 N–H and O–H groups in total. The Morgan fingerprint density at radius 1 is 0.750 bits per heavy atom. The number of halogens is 5. The van der Waals surface area contributed by atoms with Crippen LogP contribution in [0, 0.1) is 29.4 Å². The van der Waals surface area contributed by atoms with Gasteiger partial charge in [-0.3, -0.25) is 0 Å². The van der Waals surface area contributed by atoms with Gasteiger partial charge in [0.15, 0.2) is 11.6 Å². The Balaban J connectivity index is 1.32. The first-order valence-electron chi connectivity index (χ1n) is 14.1. The molecule has 1 aromatic rings. The Hall–Kier alpha value is -1.59. The monoisotopic (exact) mass is 514 g/mol. The minimum Gasteiger partial charge on any atom is -0.399 e. The van der Waals surface area contributed by atoms with Crippen molar-refractivity contribution in [3.8, 4) is 5.75 Å². The summed E-state index contributed by atoms with van der Waals surface area (Å²) >= 11 is 0. The van der Waals surface area contributed by atoms with Crippen LogP contribution < -0.4 is 4.74 Å².